The van der Waals surface area contributed by atoms with E-state index in [-0.39, 0.29) is 5.56 Å². The number of anilines is 1. The number of fused-ring (bicyclic) bond motifs is 1. The molecule has 0 unspecified atom stereocenters. The van der Waals surface area contributed by atoms with Gasteiger partial charge in [0.2, 0.25) is 0 Å². The van der Waals surface area contributed by atoms with Gasteiger partial charge < -0.3 is 5.32 Å². The molecule has 0 spiro atoms. The molecule has 2 aromatic heterocycles. The van der Waals surface area contributed by atoms with Crippen molar-refractivity contribution in [3.63, 3.8) is 0 Å². The molecule has 21 heavy (non-hydrogen) atoms. The fourth-order valence-electron chi connectivity index (χ4n) is 1.98. The van der Waals surface area contributed by atoms with E-state index in [0.717, 1.165) is 5.69 Å². The number of halogens is 2. The molecular formula is C15H11Cl2N3O. The predicted molar refractivity (Wildman–Crippen MR) is 85.3 cm³/mol. The van der Waals surface area contributed by atoms with Gasteiger partial charge in [-0.3, -0.25) is 9.20 Å². The Kier molecular flexibility index (Phi) is 3.82. The molecule has 0 aliphatic carbocycles. The van der Waals surface area contributed by atoms with E-state index in [1.54, 1.807) is 30.5 Å². The quantitative estimate of drug-likeness (QED) is 0.802. The van der Waals surface area contributed by atoms with Crippen LogP contribution in [0.15, 0.2) is 53.5 Å². The molecule has 0 aliphatic heterocycles. The molecule has 0 amide bonds. The van der Waals surface area contributed by atoms with Gasteiger partial charge in [0.1, 0.15) is 5.65 Å². The van der Waals surface area contributed by atoms with Crippen LogP contribution in [0.25, 0.3) is 5.65 Å². The molecule has 0 saturated carbocycles. The number of rotatable bonds is 3. The molecule has 0 saturated heterocycles. The van der Waals surface area contributed by atoms with Crippen LogP contribution in [-0.4, -0.2) is 9.38 Å². The Balaban J connectivity index is 1.86. The standard InChI is InChI=1S/C15H11Cl2N3O/c16-10-1-4-12(5-2-10)18-8-13-7-15(21)20-9-11(17)3-6-14(20)19-13/h1-7,9,18H,8H2. The number of nitrogens with zero attached hydrogens (tertiary/aromatic N) is 2. The van der Waals surface area contributed by atoms with Gasteiger partial charge in [0.25, 0.3) is 5.56 Å². The Morgan fingerprint density at radius 3 is 2.52 bits per heavy atom. The Morgan fingerprint density at radius 1 is 1.05 bits per heavy atom. The van der Waals surface area contributed by atoms with Crippen molar-refractivity contribution in [2.45, 2.75) is 6.54 Å². The van der Waals surface area contributed by atoms with Crippen LogP contribution in [0.2, 0.25) is 10.0 Å². The summed E-state index contributed by atoms with van der Waals surface area (Å²) in [5.74, 6) is 0. The number of pyridine rings is 1. The lowest BCUT2D eigenvalue weighted by Crippen LogP contribution is -2.16. The van der Waals surface area contributed by atoms with Crippen molar-refractivity contribution in [3.8, 4) is 0 Å². The lowest BCUT2D eigenvalue weighted by molar-refractivity contribution is 0.971. The molecule has 0 aliphatic rings. The second-order valence-corrected chi connectivity index (χ2v) is 5.39. The van der Waals surface area contributed by atoms with Gasteiger partial charge in [0.05, 0.1) is 17.3 Å². The third kappa shape index (κ3) is 3.17. The van der Waals surface area contributed by atoms with Crippen molar-refractivity contribution >= 4 is 34.5 Å². The van der Waals surface area contributed by atoms with Crippen LogP contribution in [0.5, 0.6) is 0 Å². The van der Waals surface area contributed by atoms with E-state index < -0.39 is 0 Å². The first-order valence-corrected chi connectivity index (χ1v) is 7.05. The Morgan fingerprint density at radius 2 is 1.76 bits per heavy atom. The zero-order chi connectivity index (χ0) is 14.8. The van der Waals surface area contributed by atoms with Crippen LogP contribution in [0.3, 0.4) is 0 Å². The van der Waals surface area contributed by atoms with E-state index in [9.17, 15) is 4.79 Å². The number of hydrogen-bond donors (Lipinski definition) is 1. The van der Waals surface area contributed by atoms with Gasteiger partial charge in [0, 0.05) is 23.0 Å². The first-order chi connectivity index (χ1) is 10.1. The minimum atomic E-state index is -0.157. The highest BCUT2D eigenvalue weighted by molar-refractivity contribution is 6.30. The third-order valence-corrected chi connectivity index (χ3v) is 3.47. The minimum absolute atomic E-state index is 0.157. The van der Waals surface area contributed by atoms with E-state index in [4.69, 9.17) is 23.2 Å². The summed E-state index contributed by atoms with van der Waals surface area (Å²) in [4.78, 5) is 16.5. The number of nitrogens with one attached hydrogen (secondary N) is 1. The molecule has 0 atom stereocenters. The Hall–Kier alpha value is -2.04. The number of benzene rings is 1. The van der Waals surface area contributed by atoms with Crippen molar-refractivity contribution in [2.75, 3.05) is 5.32 Å². The van der Waals surface area contributed by atoms with Gasteiger partial charge in [0.15, 0.2) is 0 Å². The number of aromatic nitrogens is 2. The molecule has 2 heterocycles. The monoisotopic (exact) mass is 319 g/mol. The summed E-state index contributed by atoms with van der Waals surface area (Å²) in [6, 6.07) is 12.3. The third-order valence-electron chi connectivity index (χ3n) is 2.99. The fourth-order valence-corrected chi connectivity index (χ4v) is 2.26. The van der Waals surface area contributed by atoms with E-state index in [0.29, 0.717) is 27.9 Å². The van der Waals surface area contributed by atoms with Crippen LogP contribution < -0.4 is 10.9 Å². The topological polar surface area (TPSA) is 46.4 Å². The number of hydrogen-bond acceptors (Lipinski definition) is 3. The van der Waals surface area contributed by atoms with Crippen LogP contribution in [0.4, 0.5) is 5.69 Å². The molecular weight excluding hydrogens is 309 g/mol. The lowest BCUT2D eigenvalue weighted by atomic mass is 10.3. The summed E-state index contributed by atoms with van der Waals surface area (Å²) in [6.45, 7) is 0.454. The highest BCUT2D eigenvalue weighted by Gasteiger charge is 2.03. The van der Waals surface area contributed by atoms with E-state index in [1.807, 2.05) is 12.1 Å². The first-order valence-electron chi connectivity index (χ1n) is 6.29. The molecule has 0 fully saturated rings. The van der Waals surface area contributed by atoms with Gasteiger partial charge >= 0.3 is 0 Å². The smallest absolute Gasteiger partial charge is 0.258 e. The average Bonchev–Trinajstić information content (AvgIpc) is 2.47. The highest BCUT2D eigenvalue weighted by Crippen LogP contribution is 2.14. The van der Waals surface area contributed by atoms with Gasteiger partial charge in [-0.15, -0.1) is 0 Å². The Labute approximate surface area is 131 Å². The maximum absolute atomic E-state index is 12.0. The summed E-state index contributed by atoms with van der Waals surface area (Å²) in [7, 11) is 0. The zero-order valence-electron chi connectivity index (χ0n) is 10.9. The molecule has 4 nitrogen and oxygen atoms in total. The average molecular weight is 320 g/mol. The first kappa shape index (κ1) is 13.9. The van der Waals surface area contributed by atoms with Crippen molar-refractivity contribution in [3.05, 3.63) is 74.8 Å². The van der Waals surface area contributed by atoms with Crippen LogP contribution in [-0.2, 0) is 6.54 Å². The normalized spacial score (nSPS) is 10.8. The second-order valence-electron chi connectivity index (χ2n) is 4.52. The molecule has 106 valence electrons. The van der Waals surface area contributed by atoms with Crippen molar-refractivity contribution < 1.29 is 0 Å². The maximum Gasteiger partial charge on any atom is 0.258 e. The predicted octanol–water partition coefficient (Wildman–Crippen LogP) is 3.61. The van der Waals surface area contributed by atoms with Crippen molar-refractivity contribution in [1.82, 2.24) is 9.38 Å². The summed E-state index contributed by atoms with van der Waals surface area (Å²) >= 11 is 11.7. The summed E-state index contributed by atoms with van der Waals surface area (Å²) in [6.07, 6.45) is 1.56. The van der Waals surface area contributed by atoms with Crippen molar-refractivity contribution in [2.24, 2.45) is 0 Å². The Bertz CT molecular complexity index is 844. The van der Waals surface area contributed by atoms with Gasteiger partial charge in [-0.25, -0.2) is 4.98 Å². The molecule has 3 aromatic rings. The maximum atomic E-state index is 12.0. The van der Waals surface area contributed by atoms with Gasteiger partial charge in [-0.1, -0.05) is 23.2 Å². The highest BCUT2D eigenvalue weighted by atomic mass is 35.5. The molecule has 6 heteroatoms. The van der Waals surface area contributed by atoms with Gasteiger partial charge in [-0.05, 0) is 36.4 Å². The summed E-state index contributed by atoms with van der Waals surface area (Å²) in [5.41, 5.74) is 1.99. The van der Waals surface area contributed by atoms with Gasteiger partial charge in [-0.2, -0.15) is 0 Å². The SMILES string of the molecule is O=c1cc(CNc2ccc(Cl)cc2)nc2ccc(Cl)cn12. The molecule has 0 bridgehead atoms. The molecule has 3 rings (SSSR count). The van der Waals surface area contributed by atoms with E-state index in [1.165, 1.54) is 10.5 Å². The molecule has 1 N–H and O–H groups in total. The van der Waals surface area contributed by atoms with Crippen molar-refractivity contribution in [1.29, 1.82) is 0 Å². The van der Waals surface area contributed by atoms with Crippen LogP contribution in [0, 0.1) is 0 Å². The summed E-state index contributed by atoms with van der Waals surface area (Å²) in [5, 5.41) is 4.37. The minimum Gasteiger partial charge on any atom is -0.379 e. The lowest BCUT2D eigenvalue weighted by Gasteiger charge is -2.07. The van der Waals surface area contributed by atoms with Crippen LogP contribution >= 0.6 is 23.2 Å². The largest absolute Gasteiger partial charge is 0.379 e. The van der Waals surface area contributed by atoms with E-state index >= 15 is 0 Å². The zero-order valence-corrected chi connectivity index (χ0v) is 12.4. The molecule has 0 radical (unpaired) electrons. The summed E-state index contributed by atoms with van der Waals surface area (Å²) < 4.78 is 1.42. The molecule has 1 aromatic carbocycles. The fraction of sp³-hybridized carbons (Fsp3) is 0.0667. The second kappa shape index (κ2) is 5.76. The van der Waals surface area contributed by atoms with Crippen LogP contribution in [0.1, 0.15) is 5.69 Å². The van der Waals surface area contributed by atoms with E-state index in [2.05, 4.69) is 10.3 Å².